The van der Waals surface area contributed by atoms with Crippen molar-refractivity contribution >= 4 is 0 Å². The monoisotopic (exact) mass is 1020 g/mol. The number of aromatic nitrogens is 3. The fourth-order valence-corrected chi connectivity index (χ4v) is 9.13. The normalized spacial score (nSPS) is 14.5. The molecule has 320 valence electrons. The van der Waals surface area contributed by atoms with E-state index in [9.17, 15) is 5.48 Å². The fourth-order valence-electron chi connectivity index (χ4n) is 9.13. The average molecular weight is 1020 g/mol. The van der Waals surface area contributed by atoms with Crippen LogP contribution in [0.5, 0.6) is 0 Å². The zero-order chi connectivity index (χ0) is 46.8. The molecule has 3 heterocycles. The van der Waals surface area contributed by atoms with Crippen molar-refractivity contribution in [3.8, 4) is 44.9 Å². The van der Waals surface area contributed by atoms with Gasteiger partial charge in [0.15, 0.2) is 0 Å². The third-order valence-electron chi connectivity index (χ3n) is 12.7. The first-order valence-electron chi connectivity index (χ1n) is 24.3. The van der Waals surface area contributed by atoms with Crippen molar-refractivity contribution in [2.45, 2.75) is 95.7 Å². The molecule has 0 aliphatic heterocycles. The zero-order valence-electron chi connectivity index (χ0n) is 41.1. The van der Waals surface area contributed by atoms with E-state index in [1.54, 1.807) is 6.20 Å². The van der Waals surface area contributed by atoms with Gasteiger partial charge in [0.2, 0.25) is 0 Å². The van der Waals surface area contributed by atoms with Gasteiger partial charge in [0.25, 0.3) is 0 Å². The molecule has 0 atom stereocenters. The predicted octanol–water partition coefficient (Wildman–Crippen LogP) is 14.4. The number of aryl methyl sites for hydroxylation is 2. The second-order valence-electron chi connectivity index (χ2n) is 18.3. The molecule has 9 rings (SSSR count). The van der Waals surface area contributed by atoms with Gasteiger partial charge >= 0.3 is 20.1 Å². The summed E-state index contributed by atoms with van der Waals surface area (Å²) in [6.07, 6.45) is 6.22. The molecule has 3 nitrogen and oxygen atoms in total. The van der Waals surface area contributed by atoms with Crippen LogP contribution >= 0.6 is 0 Å². The van der Waals surface area contributed by atoms with Crippen LogP contribution in [0.3, 0.4) is 0 Å². The first-order valence-corrected chi connectivity index (χ1v) is 22.3. The van der Waals surface area contributed by atoms with Crippen LogP contribution in [0.1, 0.15) is 104 Å². The molecule has 0 N–H and O–H groups in total. The van der Waals surface area contributed by atoms with Crippen LogP contribution in [0.4, 0.5) is 0 Å². The van der Waals surface area contributed by atoms with Crippen LogP contribution in [-0.4, -0.2) is 15.0 Å². The van der Waals surface area contributed by atoms with Gasteiger partial charge < -0.3 is 15.0 Å². The summed E-state index contributed by atoms with van der Waals surface area (Å²) in [4.78, 5) is 14.5. The number of pyridine rings is 3. The summed E-state index contributed by atoms with van der Waals surface area (Å²) in [5.41, 5.74) is 11.3. The van der Waals surface area contributed by atoms with E-state index in [0.29, 0.717) is 30.0 Å². The third-order valence-corrected chi connectivity index (χ3v) is 12.7. The maximum absolute atomic E-state index is 9.99. The summed E-state index contributed by atoms with van der Waals surface area (Å²) in [6.45, 7) is 8.74. The van der Waals surface area contributed by atoms with Crippen molar-refractivity contribution in [1.29, 1.82) is 0 Å². The molecule has 0 unspecified atom stereocenters. The van der Waals surface area contributed by atoms with E-state index in [1.165, 1.54) is 18.4 Å². The van der Waals surface area contributed by atoms with Crippen LogP contribution in [0.25, 0.3) is 44.9 Å². The van der Waals surface area contributed by atoms with E-state index >= 15 is 0 Å². The first kappa shape index (κ1) is 39.8. The molecule has 0 radical (unpaired) electrons. The van der Waals surface area contributed by atoms with Crippen LogP contribution in [-0.2, 0) is 56.5 Å². The van der Waals surface area contributed by atoms with Crippen LogP contribution in [0.2, 0.25) is 0 Å². The van der Waals surface area contributed by atoms with E-state index in [2.05, 4.69) is 82.3 Å². The Hall–Kier alpha value is -5.80. The third kappa shape index (κ3) is 10.6. The molecular formula is C60H56IrN3. The van der Waals surface area contributed by atoms with E-state index < -0.39 is 23.6 Å². The minimum absolute atomic E-state index is 0. The van der Waals surface area contributed by atoms with E-state index in [0.717, 1.165) is 68.7 Å². The van der Waals surface area contributed by atoms with Gasteiger partial charge in [-0.1, -0.05) is 113 Å². The van der Waals surface area contributed by atoms with Gasteiger partial charge in [-0.15, -0.1) is 108 Å². The zero-order valence-corrected chi connectivity index (χ0v) is 39.5. The first-order chi connectivity index (χ1) is 32.2. The summed E-state index contributed by atoms with van der Waals surface area (Å²) in [7, 11) is 0. The Bertz CT molecular complexity index is 2840. The quantitative estimate of drug-likeness (QED) is 0.102. The van der Waals surface area contributed by atoms with Gasteiger partial charge in [-0.3, -0.25) is 0 Å². The minimum Gasteiger partial charge on any atom is -0.304 e. The van der Waals surface area contributed by atoms with Crippen LogP contribution in [0, 0.1) is 18.2 Å². The fraction of sp³-hybridized carbons (Fsp3) is 0.250. The van der Waals surface area contributed by atoms with E-state index in [1.807, 2.05) is 122 Å². The van der Waals surface area contributed by atoms with Gasteiger partial charge in [0.1, 0.15) is 0 Å². The molecule has 1 saturated carbocycles. The number of benzene rings is 5. The molecule has 0 bridgehead atoms. The molecule has 5 aromatic carbocycles. The summed E-state index contributed by atoms with van der Waals surface area (Å²) >= 11 is 0. The predicted molar refractivity (Wildman–Crippen MR) is 259 cm³/mol. The van der Waals surface area contributed by atoms with Crippen molar-refractivity contribution in [3.05, 3.63) is 221 Å². The number of hydrogen-bond donors (Lipinski definition) is 0. The number of nitrogens with zero attached hydrogens (tertiary/aromatic N) is 3. The Balaban J connectivity index is 0.00000625. The Labute approximate surface area is 400 Å². The molecule has 1 aliphatic rings. The van der Waals surface area contributed by atoms with Gasteiger partial charge in [0, 0.05) is 24.1 Å². The van der Waals surface area contributed by atoms with Crippen LogP contribution in [0.15, 0.2) is 164 Å². The molecule has 64 heavy (non-hydrogen) atoms. The van der Waals surface area contributed by atoms with Crippen molar-refractivity contribution in [1.82, 2.24) is 15.0 Å². The van der Waals surface area contributed by atoms with Gasteiger partial charge in [-0.05, 0) is 122 Å². The van der Waals surface area contributed by atoms with Gasteiger partial charge in [-0.25, -0.2) is 0 Å². The van der Waals surface area contributed by atoms with Crippen LogP contribution < -0.4 is 0 Å². The Morgan fingerprint density at radius 1 is 0.531 bits per heavy atom. The maximum atomic E-state index is 9.99. The largest absolute Gasteiger partial charge is 3.00 e. The Kier molecular flexibility index (Phi) is 12.4. The standard InChI is InChI=1S/C60H56N3.Ir/c1-59(2,53-29-31-56(62-41-53)47-19-8-5-9-20-47)38-44-33-43(34-45(35-44)39-60(3,4)54-30-32-57(63-42-54)48-21-10-6-11-22-48)27-28-52-40-61-58(49-23-12-7-13-24-49)37-55(52)51-26-16-25-50(36-51)46-17-14-15-18-46;/h5-13,16,19,21,23,25-26,29-37,40-42,46H,14-15,17-18,27-28,38-39H2,1-4H3;/q-3;+3/i27D2,28D2;. The molecule has 1 fully saturated rings. The van der Waals surface area contributed by atoms with E-state index in [-0.39, 0.29) is 31.2 Å². The summed E-state index contributed by atoms with van der Waals surface area (Å²) < 4.78 is 39.9. The molecule has 0 spiro atoms. The Morgan fingerprint density at radius 2 is 1.05 bits per heavy atom. The summed E-state index contributed by atoms with van der Waals surface area (Å²) in [5.74, 6) is 0.456. The molecule has 8 aromatic rings. The average Bonchev–Trinajstić information content (AvgIpc) is 3.90. The number of rotatable bonds is 14. The van der Waals surface area contributed by atoms with Crippen molar-refractivity contribution in [2.24, 2.45) is 0 Å². The smallest absolute Gasteiger partial charge is 0.304 e. The molecule has 0 amide bonds. The number of hydrogen-bond acceptors (Lipinski definition) is 3. The molecule has 1 aliphatic carbocycles. The van der Waals surface area contributed by atoms with E-state index in [4.69, 9.17) is 15.0 Å². The Morgan fingerprint density at radius 3 is 1.55 bits per heavy atom. The topological polar surface area (TPSA) is 38.7 Å². The van der Waals surface area contributed by atoms with Gasteiger partial charge in [0.05, 0.1) is 0 Å². The molecular weight excluding hydrogens is 955 g/mol. The molecule has 3 aromatic heterocycles. The molecule has 0 saturated heterocycles. The van der Waals surface area contributed by atoms with Crippen molar-refractivity contribution < 1.29 is 25.6 Å². The SMILES string of the molecule is [2H]C([2H])(c1cc(CC(C)(C)c2ccc(-c3[c-]cccc3)nc2)cc(CC(C)(C)c2ccc(-c3[c-]cccc3)nc2)c1)C([2H])([2H])c1cnc(-c2[c-]cccc2)cc1-c1cccc(C2CCCC2)c1.[Ir+3]. The second kappa shape index (κ2) is 19.9. The molecule has 4 heteroatoms. The summed E-state index contributed by atoms with van der Waals surface area (Å²) in [6, 6.07) is 57.7. The van der Waals surface area contributed by atoms with Crippen molar-refractivity contribution in [3.63, 3.8) is 0 Å². The van der Waals surface area contributed by atoms with Gasteiger partial charge in [-0.2, -0.15) is 0 Å². The second-order valence-corrected chi connectivity index (χ2v) is 18.3. The maximum Gasteiger partial charge on any atom is 3.00 e. The minimum atomic E-state index is -2.51. The van der Waals surface area contributed by atoms with Crippen molar-refractivity contribution in [2.75, 3.05) is 0 Å². The summed E-state index contributed by atoms with van der Waals surface area (Å²) in [5, 5.41) is 0.